The average molecular weight is 687 g/mol. The van der Waals surface area contributed by atoms with Gasteiger partial charge >= 0.3 is 13.5 Å². The number of hydrogen-bond acceptors (Lipinski definition) is 9. The number of aliphatic hydroxyl groups is 2. The number of phosphoric acid groups is 1. The van der Waals surface area contributed by atoms with Crippen LogP contribution in [0.25, 0.3) is 0 Å². The predicted octanol–water partition coefficient (Wildman–Crippen LogP) is 7.04. The third kappa shape index (κ3) is 16.1. The second-order valence-corrected chi connectivity index (χ2v) is 14.8. The van der Waals surface area contributed by atoms with Crippen molar-refractivity contribution < 1.29 is 33.5 Å². The number of aromatic nitrogens is 2. The van der Waals surface area contributed by atoms with Crippen molar-refractivity contribution in [2.75, 3.05) is 13.2 Å². The Labute approximate surface area is 282 Å². The van der Waals surface area contributed by atoms with Gasteiger partial charge in [-0.1, -0.05) is 103 Å². The van der Waals surface area contributed by atoms with Crippen LogP contribution in [0.1, 0.15) is 144 Å². The minimum atomic E-state index is -4.39. The van der Waals surface area contributed by atoms with Gasteiger partial charge in [0.15, 0.2) is 12.0 Å². The smallest absolute Gasteiger partial charge is 0.387 e. The molecule has 0 amide bonds. The number of nitrogens with zero attached hydrogens (tertiary/aromatic N) is 4. The Bertz CT molecular complexity index is 1110. The van der Waals surface area contributed by atoms with E-state index in [0.717, 1.165) is 23.8 Å². The van der Waals surface area contributed by atoms with Gasteiger partial charge in [-0.2, -0.15) is 4.98 Å². The van der Waals surface area contributed by atoms with Gasteiger partial charge in [0.25, 0.3) is 0 Å². The Morgan fingerprint density at radius 2 is 1.40 bits per heavy atom. The molecule has 1 aromatic rings. The van der Waals surface area contributed by atoms with E-state index >= 15 is 0 Å². The first-order chi connectivity index (χ1) is 22.5. The standard InChI is InChI=1S/C34H63N4O8P/c1-6-7-8-9-10-11-12-13-14-15-16-17-18-19-20-21-24-44-47(42,43)45-25-29-31(39)32(40)33(46-29)37-23-22-30(36-34(37)41)35-26-38(27(2)3)28(4)5/h22-23,26-29,31-33,39-40H,6-21,24-25H2,1-5H3,(H,42,43)/t29-,31+,32?,33-/m1/s1. The Morgan fingerprint density at radius 1 is 0.894 bits per heavy atom. The summed E-state index contributed by atoms with van der Waals surface area (Å²) < 4.78 is 29.2. The average Bonchev–Trinajstić information content (AvgIpc) is 3.30. The zero-order valence-electron chi connectivity index (χ0n) is 29.5. The lowest BCUT2D eigenvalue weighted by Crippen LogP contribution is -2.36. The maximum absolute atomic E-state index is 12.7. The molecule has 47 heavy (non-hydrogen) atoms. The van der Waals surface area contributed by atoms with E-state index < -0.39 is 44.7 Å². The van der Waals surface area contributed by atoms with Gasteiger partial charge in [0.1, 0.15) is 18.3 Å². The Hall–Kier alpha value is -1.66. The van der Waals surface area contributed by atoms with Gasteiger partial charge in [-0.05, 0) is 40.2 Å². The first-order valence-corrected chi connectivity index (χ1v) is 19.5. The minimum absolute atomic E-state index is 0.0769. The molecule has 1 aliphatic heterocycles. The predicted molar refractivity (Wildman–Crippen MR) is 186 cm³/mol. The van der Waals surface area contributed by atoms with Gasteiger partial charge < -0.3 is 24.7 Å². The van der Waals surface area contributed by atoms with E-state index in [1.807, 2.05) is 32.6 Å². The molecule has 2 unspecified atom stereocenters. The summed E-state index contributed by atoms with van der Waals surface area (Å²) in [5.74, 6) is 0.188. The number of ether oxygens (including phenoxy) is 1. The summed E-state index contributed by atoms with van der Waals surface area (Å²) in [5, 5.41) is 21.0. The molecule has 0 aromatic carbocycles. The van der Waals surface area contributed by atoms with Crippen molar-refractivity contribution >= 4 is 20.0 Å². The van der Waals surface area contributed by atoms with Crippen LogP contribution in [0.2, 0.25) is 0 Å². The highest BCUT2D eigenvalue weighted by Crippen LogP contribution is 2.44. The van der Waals surface area contributed by atoms with Crippen molar-refractivity contribution in [1.29, 1.82) is 0 Å². The van der Waals surface area contributed by atoms with E-state index in [0.29, 0.717) is 6.42 Å². The molecule has 0 saturated carbocycles. The molecule has 2 heterocycles. The first kappa shape index (κ1) is 41.5. The lowest BCUT2D eigenvalue weighted by molar-refractivity contribution is -0.0551. The molecule has 272 valence electrons. The number of phosphoric ester groups is 1. The molecule has 0 aliphatic carbocycles. The van der Waals surface area contributed by atoms with E-state index in [1.165, 1.54) is 89.3 Å². The zero-order chi connectivity index (χ0) is 34.7. The lowest BCUT2D eigenvalue weighted by atomic mass is 10.0. The largest absolute Gasteiger partial charge is 0.472 e. The monoisotopic (exact) mass is 686 g/mol. The van der Waals surface area contributed by atoms with Gasteiger partial charge in [-0.25, -0.2) is 14.4 Å². The van der Waals surface area contributed by atoms with Gasteiger partial charge in [0.05, 0.1) is 19.6 Å². The first-order valence-electron chi connectivity index (χ1n) is 18.0. The number of hydrogen-bond donors (Lipinski definition) is 3. The lowest BCUT2D eigenvalue weighted by Gasteiger charge is -2.28. The van der Waals surface area contributed by atoms with Gasteiger partial charge in [0, 0.05) is 18.3 Å². The Kier molecular flexibility index (Phi) is 20.2. The number of aliphatic imine (C=N–C) groups is 1. The molecule has 1 fully saturated rings. The summed E-state index contributed by atoms with van der Waals surface area (Å²) in [6.07, 6.45) is 17.4. The maximum atomic E-state index is 12.7. The normalized spacial score (nSPS) is 21.3. The van der Waals surface area contributed by atoms with E-state index in [-0.39, 0.29) is 24.5 Å². The van der Waals surface area contributed by atoms with Crippen molar-refractivity contribution in [2.45, 2.75) is 174 Å². The summed E-state index contributed by atoms with van der Waals surface area (Å²) in [6.45, 7) is 9.96. The van der Waals surface area contributed by atoms with E-state index in [9.17, 15) is 24.5 Å². The topological polar surface area (TPSA) is 156 Å². The molecule has 1 saturated heterocycles. The molecular formula is C34H63N4O8P. The molecule has 3 N–H and O–H groups in total. The SMILES string of the molecule is CCCCCCCCCCCCCCCCCCOP(=O)(O)OC[C@H]1O[C@@H](n2ccc(N=CN(C(C)C)C(C)C)nc2=O)C(O)[C@H]1O. The third-order valence-electron chi connectivity index (χ3n) is 8.60. The van der Waals surface area contributed by atoms with Crippen LogP contribution in [0, 0.1) is 0 Å². The van der Waals surface area contributed by atoms with Gasteiger partial charge in [-0.15, -0.1) is 0 Å². The summed E-state index contributed by atoms with van der Waals surface area (Å²) in [6, 6.07) is 1.91. The number of rotatable bonds is 26. The molecule has 2 rings (SSSR count). The zero-order valence-corrected chi connectivity index (χ0v) is 30.4. The molecule has 12 nitrogen and oxygen atoms in total. The summed E-state index contributed by atoms with van der Waals surface area (Å²) in [5.41, 5.74) is -0.729. The maximum Gasteiger partial charge on any atom is 0.472 e. The highest BCUT2D eigenvalue weighted by molar-refractivity contribution is 7.47. The summed E-state index contributed by atoms with van der Waals surface area (Å²) >= 11 is 0. The second kappa shape index (κ2) is 22.9. The number of unbranched alkanes of at least 4 members (excludes halogenated alkanes) is 15. The second-order valence-electron chi connectivity index (χ2n) is 13.3. The van der Waals surface area contributed by atoms with Crippen molar-refractivity contribution in [3.63, 3.8) is 0 Å². The van der Waals surface area contributed by atoms with Crippen LogP contribution >= 0.6 is 7.82 Å². The molecule has 1 aliphatic rings. The molecule has 0 spiro atoms. The quantitative estimate of drug-likeness (QED) is 0.0400. The van der Waals surface area contributed by atoms with E-state index in [1.54, 1.807) is 6.34 Å². The fourth-order valence-corrected chi connectivity index (χ4v) is 6.56. The van der Waals surface area contributed by atoms with Crippen LogP contribution in [-0.2, 0) is 18.3 Å². The highest BCUT2D eigenvalue weighted by Gasteiger charge is 2.45. The van der Waals surface area contributed by atoms with Crippen LogP contribution < -0.4 is 5.69 Å². The van der Waals surface area contributed by atoms with Crippen LogP contribution in [0.15, 0.2) is 22.1 Å². The molecule has 1 aromatic heterocycles. The van der Waals surface area contributed by atoms with Crippen LogP contribution in [0.4, 0.5) is 5.82 Å². The molecule has 5 atom stereocenters. The van der Waals surface area contributed by atoms with Crippen LogP contribution in [0.5, 0.6) is 0 Å². The van der Waals surface area contributed by atoms with Crippen molar-refractivity contribution in [3.8, 4) is 0 Å². The minimum Gasteiger partial charge on any atom is -0.387 e. The summed E-state index contributed by atoms with van der Waals surface area (Å²) in [7, 11) is -4.39. The van der Waals surface area contributed by atoms with E-state index in [2.05, 4.69) is 16.9 Å². The van der Waals surface area contributed by atoms with Crippen molar-refractivity contribution in [2.24, 2.45) is 4.99 Å². The Morgan fingerprint density at radius 3 is 1.89 bits per heavy atom. The molecular weight excluding hydrogens is 623 g/mol. The molecule has 0 bridgehead atoms. The number of aliphatic hydroxyl groups excluding tert-OH is 2. The Balaban J connectivity index is 1.62. The van der Waals surface area contributed by atoms with Crippen molar-refractivity contribution in [3.05, 3.63) is 22.7 Å². The fraction of sp³-hybridized carbons (Fsp3) is 0.853. The van der Waals surface area contributed by atoms with Gasteiger partial charge in [0.2, 0.25) is 0 Å². The molecule has 0 radical (unpaired) electrons. The third-order valence-corrected chi connectivity index (χ3v) is 9.58. The molecule has 13 heteroatoms. The fourth-order valence-electron chi connectivity index (χ4n) is 5.79. The van der Waals surface area contributed by atoms with Crippen LogP contribution in [0.3, 0.4) is 0 Å². The van der Waals surface area contributed by atoms with Crippen molar-refractivity contribution in [1.82, 2.24) is 14.5 Å². The highest BCUT2D eigenvalue weighted by atomic mass is 31.2. The summed E-state index contributed by atoms with van der Waals surface area (Å²) in [4.78, 5) is 33.1. The van der Waals surface area contributed by atoms with E-state index in [4.69, 9.17) is 13.8 Å². The van der Waals surface area contributed by atoms with Crippen LogP contribution in [-0.4, -0.2) is 79.5 Å². The van der Waals surface area contributed by atoms with Gasteiger partial charge in [-0.3, -0.25) is 13.6 Å².